The van der Waals surface area contributed by atoms with Crippen LogP contribution in [0.15, 0.2) is 58.3 Å². The van der Waals surface area contributed by atoms with Crippen LogP contribution in [0.1, 0.15) is 19.8 Å². The van der Waals surface area contributed by atoms with Crippen molar-refractivity contribution >= 4 is 37.3 Å². The van der Waals surface area contributed by atoms with Gasteiger partial charge in [0.1, 0.15) is 0 Å². The number of benzene rings is 2. The van der Waals surface area contributed by atoms with E-state index in [4.69, 9.17) is 4.74 Å². The molecule has 2 aromatic rings. The Morgan fingerprint density at radius 2 is 1.45 bits per heavy atom. The van der Waals surface area contributed by atoms with Crippen LogP contribution in [0.4, 0.5) is 11.4 Å². The van der Waals surface area contributed by atoms with Crippen LogP contribution in [0.5, 0.6) is 0 Å². The molecule has 11 heteroatoms. The Morgan fingerprint density at radius 1 is 0.903 bits per heavy atom. The summed E-state index contributed by atoms with van der Waals surface area (Å²) in [5.41, 5.74) is 0.747. The predicted molar refractivity (Wildman–Crippen MR) is 117 cm³/mol. The Hall–Kier alpha value is -2.47. The predicted octanol–water partition coefficient (Wildman–Crippen LogP) is 2.25. The van der Waals surface area contributed by atoms with E-state index in [1.54, 1.807) is 0 Å². The van der Waals surface area contributed by atoms with Crippen LogP contribution >= 0.6 is 0 Å². The molecule has 2 N–H and O–H groups in total. The first-order valence-corrected chi connectivity index (χ1v) is 12.8. The number of nitrogens with one attached hydrogen (secondary N) is 2. The van der Waals surface area contributed by atoms with Crippen LogP contribution in [0.2, 0.25) is 0 Å². The molecule has 1 fully saturated rings. The molecule has 0 bridgehead atoms. The average molecular weight is 468 g/mol. The van der Waals surface area contributed by atoms with Gasteiger partial charge in [0.25, 0.3) is 10.0 Å². The zero-order valence-corrected chi connectivity index (χ0v) is 18.7. The quantitative estimate of drug-likeness (QED) is 0.614. The molecular weight excluding hydrogens is 442 g/mol. The van der Waals surface area contributed by atoms with Gasteiger partial charge >= 0.3 is 0 Å². The van der Waals surface area contributed by atoms with Crippen molar-refractivity contribution in [3.05, 3.63) is 48.5 Å². The van der Waals surface area contributed by atoms with Crippen LogP contribution in [0.3, 0.4) is 0 Å². The maximum Gasteiger partial charge on any atom is 0.261 e. The second-order valence-electron chi connectivity index (χ2n) is 6.97. The smallest absolute Gasteiger partial charge is 0.261 e. The van der Waals surface area contributed by atoms with Crippen LogP contribution in [0.25, 0.3) is 0 Å². The summed E-state index contributed by atoms with van der Waals surface area (Å²) in [5.74, 6) is -0.136. The maximum atomic E-state index is 12.7. The number of sulfonamides is 2. The molecular formula is C20H25N3O6S2. The molecule has 2 aromatic carbocycles. The number of amides is 1. The topological polar surface area (TPSA) is 122 Å². The highest BCUT2D eigenvalue weighted by molar-refractivity contribution is 7.92. The van der Waals surface area contributed by atoms with E-state index in [-0.39, 0.29) is 34.5 Å². The molecule has 0 spiro atoms. The van der Waals surface area contributed by atoms with Crippen LogP contribution in [0, 0.1) is 0 Å². The largest absolute Gasteiger partial charge is 0.379 e. The number of hydrogen-bond acceptors (Lipinski definition) is 6. The highest BCUT2D eigenvalue weighted by atomic mass is 32.2. The van der Waals surface area contributed by atoms with Crippen molar-refractivity contribution in [3.8, 4) is 0 Å². The molecule has 1 heterocycles. The molecule has 0 aromatic heterocycles. The molecule has 1 saturated heterocycles. The lowest BCUT2D eigenvalue weighted by molar-refractivity contribution is -0.116. The summed E-state index contributed by atoms with van der Waals surface area (Å²) in [6.45, 7) is 3.15. The molecule has 1 aliphatic rings. The second kappa shape index (κ2) is 9.77. The third kappa shape index (κ3) is 5.82. The van der Waals surface area contributed by atoms with Gasteiger partial charge in [0, 0.05) is 30.9 Å². The van der Waals surface area contributed by atoms with E-state index < -0.39 is 20.0 Å². The fraction of sp³-hybridized carbons (Fsp3) is 0.350. The Kier molecular flexibility index (Phi) is 7.31. The van der Waals surface area contributed by atoms with Gasteiger partial charge in [-0.2, -0.15) is 4.31 Å². The zero-order valence-electron chi connectivity index (χ0n) is 17.1. The van der Waals surface area contributed by atoms with Crippen LogP contribution in [-0.2, 0) is 29.6 Å². The summed E-state index contributed by atoms with van der Waals surface area (Å²) < 4.78 is 59.5. The lowest BCUT2D eigenvalue weighted by Crippen LogP contribution is -2.40. The van der Waals surface area contributed by atoms with Crippen LogP contribution in [-0.4, -0.2) is 53.4 Å². The lowest BCUT2D eigenvalue weighted by atomic mass is 10.3. The molecule has 9 nitrogen and oxygen atoms in total. The summed E-state index contributed by atoms with van der Waals surface area (Å²) in [5, 5.41) is 2.70. The van der Waals surface area contributed by atoms with Crippen molar-refractivity contribution in [1.82, 2.24) is 4.31 Å². The van der Waals surface area contributed by atoms with E-state index in [2.05, 4.69) is 10.0 Å². The third-order valence-electron chi connectivity index (χ3n) is 4.64. The Morgan fingerprint density at radius 3 is 2.03 bits per heavy atom. The molecule has 3 rings (SSSR count). The second-order valence-corrected chi connectivity index (χ2v) is 10.6. The number of carbonyl (C=O) groups is 1. The minimum atomic E-state index is -3.88. The van der Waals surface area contributed by atoms with Gasteiger partial charge in [0.15, 0.2) is 0 Å². The Bertz CT molecular complexity index is 1110. The normalized spacial score (nSPS) is 15.4. The van der Waals surface area contributed by atoms with Gasteiger partial charge in [-0.15, -0.1) is 0 Å². The van der Waals surface area contributed by atoms with E-state index in [0.717, 1.165) is 6.42 Å². The van der Waals surface area contributed by atoms with Gasteiger partial charge in [-0.1, -0.05) is 6.92 Å². The third-order valence-corrected chi connectivity index (χ3v) is 7.95. The van der Waals surface area contributed by atoms with Crippen molar-refractivity contribution in [2.75, 3.05) is 36.3 Å². The highest BCUT2D eigenvalue weighted by Crippen LogP contribution is 2.22. The van der Waals surface area contributed by atoms with E-state index in [1.165, 1.54) is 52.8 Å². The molecule has 0 unspecified atom stereocenters. The molecule has 0 atom stereocenters. The van der Waals surface area contributed by atoms with E-state index >= 15 is 0 Å². The summed E-state index contributed by atoms with van der Waals surface area (Å²) in [6.07, 6.45) is 1.10. The fourth-order valence-corrected chi connectivity index (χ4v) is 5.48. The highest BCUT2D eigenvalue weighted by Gasteiger charge is 2.26. The minimum Gasteiger partial charge on any atom is -0.379 e. The number of rotatable bonds is 8. The Balaban J connectivity index is 1.69. The van der Waals surface area contributed by atoms with Gasteiger partial charge in [0.2, 0.25) is 15.9 Å². The first kappa shape index (κ1) is 23.2. The standard InChI is InChI=1S/C20H25N3O6S2/c1-2-3-20(24)21-16-4-8-18(9-5-16)30(25,26)22-17-6-10-19(11-7-17)31(27,28)23-12-14-29-15-13-23/h4-11,22H,2-3,12-15H2,1H3,(H,21,24). The van der Waals surface area contributed by atoms with Gasteiger partial charge in [0.05, 0.1) is 23.0 Å². The van der Waals surface area contributed by atoms with Crippen LogP contribution < -0.4 is 10.0 Å². The molecule has 0 saturated carbocycles. The van der Waals surface area contributed by atoms with E-state index in [9.17, 15) is 21.6 Å². The first-order valence-electron chi connectivity index (χ1n) is 9.83. The van der Waals surface area contributed by atoms with Gasteiger partial charge in [-0.3, -0.25) is 9.52 Å². The first-order chi connectivity index (χ1) is 14.7. The average Bonchev–Trinajstić information content (AvgIpc) is 2.75. The molecule has 0 aliphatic carbocycles. The molecule has 1 amide bonds. The summed E-state index contributed by atoms with van der Waals surface area (Å²) >= 11 is 0. The number of carbonyl (C=O) groups excluding carboxylic acids is 1. The SMILES string of the molecule is CCCC(=O)Nc1ccc(S(=O)(=O)Nc2ccc(S(=O)(=O)N3CCOCC3)cc2)cc1. The van der Waals surface area contributed by atoms with Crippen molar-refractivity contribution in [2.24, 2.45) is 0 Å². The monoisotopic (exact) mass is 467 g/mol. The number of nitrogens with zero attached hydrogens (tertiary/aromatic N) is 1. The lowest BCUT2D eigenvalue weighted by Gasteiger charge is -2.26. The van der Waals surface area contributed by atoms with Gasteiger partial charge in [-0.25, -0.2) is 16.8 Å². The minimum absolute atomic E-state index is 0.0194. The number of anilines is 2. The number of ether oxygens (including phenoxy) is 1. The Labute approximate surface area is 182 Å². The fourth-order valence-electron chi connectivity index (χ4n) is 3.01. The van der Waals surface area contributed by atoms with Gasteiger partial charge < -0.3 is 10.1 Å². The molecule has 168 valence electrons. The zero-order chi connectivity index (χ0) is 22.5. The summed E-state index contributed by atoms with van der Waals surface area (Å²) in [7, 11) is -7.53. The molecule has 1 aliphatic heterocycles. The van der Waals surface area contributed by atoms with E-state index in [0.29, 0.717) is 25.3 Å². The van der Waals surface area contributed by atoms with Crippen molar-refractivity contribution in [1.29, 1.82) is 0 Å². The summed E-state index contributed by atoms with van der Waals surface area (Å²) in [6, 6.07) is 11.4. The summed E-state index contributed by atoms with van der Waals surface area (Å²) in [4.78, 5) is 11.7. The molecule has 31 heavy (non-hydrogen) atoms. The number of hydrogen-bond donors (Lipinski definition) is 2. The van der Waals surface area contributed by atoms with Gasteiger partial charge in [-0.05, 0) is 55.0 Å². The van der Waals surface area contributed by atoms with E-state index in [1.807, 2.05) is 6.92 Å². The maximum absolute atomic E-state index is 12.7. The molecule has 0 radical (unpaired) electrons. The number of morpholine rings is 1. The van der Waals surface area contributed by atoms with Crippen molar-refractivity contribution in [2.45, 2.75) is 29.6 Å². The van der Waals surface area contributed by atoms with Crippen molar-refractivity contribution < 1.29 is 26.4 Å². The van der Waals surface area contributed by atoms with Crippen molar-refractivity contribution in [3.63, 3.8) is 0 Å².